The molecule has 1 rings (SSSR count). The largest absolute Gasteiger partial charge is 0.375 e. The highest BCUT2D eigenvalue weighted by Gasteiger charge is 2.44. The fourth-order valence-electron chi connectivity index (χ4n) is 2.51. The average molecular weight is 223 g/mol. The summed E-state index contributed by atoms with van der Waals surface area (Å²) in [6.07, 6.45) is 0.0440. The molecule has 0 saturated carbocycles. The van der Waals surface area contributed by atoms with E-state index in [2.05, 4.69) is 6.07 Å². The fraction of sp³-hybridized carbons (Fsp3) is 0.846. The molecule has 3 heteroatoms. The second-order valence-corrected chi connectivity index (χ2v) is 5.18. The highest BCUT2D eigenvalue weighted by Crippen LogP contribution is 2.35. The van der Waals surface area contributed by atoms with E-state index in [9.17, 15) is 4.79 Å². The lowest BCUT2D eigenvalue weighted by Gasteiger charge is -2.21. The van der Waals surface area contributed by atoms with Crippen molar-refractivity contribution in [2.24, 2.45) is 23.7 Å². The first kappa shape index (κ1) is 13.2. The van der Waals surface area contributed by atoms with Crippen LogP contribution < -0.4 is 0 Å². The summed E-state index contributed by atoms with van der Waals surface area (Å²) in [6.45, 7) is 9.79. The lowest BCUT2D eigenvalue weighted by Crippen LogP contribution is -2.33. The maximum atomic E-state index is 12.3. The van der Waals surface area contributed by atoms with E-state index in [4.69, 9.17) is 10.00 Å². The summed E-state index contributed by atoms with van der Waals surface area (Å²) >= 11 is 0. The third-order valence-electron chi connectivity index (χ3n) is 3.68. The predicted octanol–water partition coefficient (Wildman–Crippen LogP) is 2.41. The highest BCUT2D eigenvalue weighted by atomic mass is 16.5. The number of Topliss-reactive ketones (excluding diaryl/α,β-unsaturated/α-hetero) is 1. The van der Waals surface area contributed by atoms with E-state index < -0.39 is 5.92 Å². The van der Waals surface area contributed by atoms with Gasteiger partial charge in [-0.2, -0.15) is 5.26 Å². The molecule has 1 aliphatic rings. The number of carbonyl (C=O) groups excluding carboxylic acids is 1. The van der Waals surface area contributed by atoms with Gasteiger partial charge in [0.05, 0.1) is 24.2 Å². The lowest BCUT2D eigenvalue weighted by atomic mass is 9.78. The number of rotatable bonds is 3. The summed E-state index contributed by atoms with van der Waals surface area (Å²) in [5.74, 6) is -0.280. The summed E-state index contributed by atoms with van der Waals surface area (Å²) in [4.78, 5) is 12.3. The molecule has 1 fully saturated rings. The molecule has 0 bridgehead atoms. The van der Waals surface area contributed by atoms with Gasteiger partial charge in [0.2, 0.25) is 0 Å². The third-order valence-corrected chi connectivity index (χ3v) is 3.68. The van der Waals surface area contributed by atoms with E-state index in [-0.39, 0.29) is 35.7 Å². The van der Waals surface area contributed by atoms with Gasteiger partial charge in [-0.05, 0) is 25.7 Å². The normalized spacial score (nSPS) is 36.1. The van der Waals surface area contributed by atoms with E-state index >= 15 is 0 Å². The van der Waals surface area contributed by atoms with Gasteiger partial charge in [-0.3, -0.25) is 4.79 Å². The van der Waals surface area contributed by atoms with Crippen molar-refractivity contribution < 1.29 is 9.53 Å². The molecule has 0 N–H and O–H groups in total. The third kappa shape index (κ3) is 2.27. The molecule has 16 heavy (non-hydrogen) atoms. The topological polar surface area (TPSA) is 50.1 Å². The zero-order valence-electron chi connectivity index (χ0n) is 10.7. The first-order valence-corrected chi connectivity index (χ1v) is 5.99. The van der Waals surface area contributed by atoms with Crippen molar-refractivity contribution in [3.8, 4) is 6.07 Å². The van der Waals surface area contributed by atoms with Crippen LogP contribution in [0.4, 0.5) is 0 Å². The van der Waals surface area contributed by atoms with Crippen molar-refractivity contribution >= 4 is 5.78 Å². The van der Waals surface area contributed by atoms with Gasteiger partial charge in [-0.25, -0.2) is 0 Å². The van der Waals surface area contributed by atoms with E-state index in [1.165, 1.54) is 0 Å². The molecule has 1 saturated heterocycles. The average Bonchev–Trinajstić information content (AvgIpc) is 2.41. The molecule has 0 aliphatic carbocycles. The number of ether oxygens (including phenoxy) is 1. The van der Waals surface area contributed by atoms with Crippen LogP contribution in [-0.4, -0.2) is 18.0 Å². The van der Waals surface area contributed by atoms with Crippen molar-refractivity contribution in [2.75, 3.05) is 0 Å². The second kappa shape index (κ2) is 4.97. The van der Waals surface area contributed by atoms with Crippen molar-refractivity contribution in [2.45, 2.75) is 46.8 Å². The Labute approximate surface area is 97.8 Å². The molecule has 5 atom stereocenters. The van der Waals surface area contributed by atoms with Crippen LogP contribution in [0.15, 0.2) is 0 Å². The smallest absolute Gasteiger partial charge is 0.156 e. The van der Waals surface area contributed by atoms with E-state index in [0.29, 0.717) is 0 Å². The second-order valence-electron chi connectivity index (χ2n) is 5.18. The van der Waals surface area contributed by atoms with Gasteiger partial charge in [-0.1, -0.05) is 20.8 Å². The van der Waals surface area contributed by atoms with E-state index in [0.717, 1.165) is 0 Å². The van der Waals surface area contributed by atoms with Crippen LogP contribution in [0.5, 0.6) is 0 Å². The van der Waals surface area contributed by atoms with Gasteiger partial charge in [0.25, 0.3) is 0 Å². The van der Waals surface area contributed by atoms with Crippen molar-refractivity contribution in [3.05, 3.63) is 0 Å². The van der Waals surface area contributed by atoms with Crippen LogP contribution in [-0.2, 0) is 9.53 Å². The minimum atomic E-state index is -0.496. The van der Waals surface area contributed by atoms with Crippen LogP contribution in [0, 0.1) is 35.0 Å². The first-order chi connectivity index (χ1) is 7.40. The van der Waals surface area contributed by atoms with Crippen LogP contribution in [0.1, 0.15) is 34.6 Å². The Morgan fingerprint density at radius 3 is 2.12 bits per heavy atom. The molecule has 1 aliphatic heterocycles. The molecule has 3 nitrogen and oxygen atoms in total. The van der Waals surface area contributed by atoms with Gasteiger partial charge < -0.3 is 4.74 Å². The van der Waals surface area contributed by atoms with Gasteiger partial charge in [0.1, 0.15) is 5.92 Å². The Kier molecular flexibility index (Phi) is 4.09. The molecule has 0 aromatic heterocycles. The molecule has 0 radical (unpaired) electrons. The number of hydrogen-bond acceptors (Lipinski definition) is 3. The predicted molar refractivity (Wildman–Crippen MR) is 61.6 cm³/mol. The molecule has 0 amide bonds. The molecular formula is C13H21NO2. The number of nitrogens with zero attached hydrogens (tertiary/aromatic N) is 1. The van der Waals surface area contributed by atoms with Crippen LogP contribution >= 0.6 is 0 Å². The SMILES string of the molecule is CC(C)C(C#N)C(=O)C1C(C)OC(C)C1C. The summed E-state index contributed by atoms with van der Waals surface area (Å²) in [5.41, 5.74) is 0. The minimum Gasteiger partial charge on any atom is -0.375 e. The zero-order chi connectivity index (χ0) is 12.5. The van der Waals surface area contributed by atoms with Crippen LogP contribution in [0.3, 0.4) is 0 Å². The maximum Gasteiger partial charge on any atom is 0.156 e. The summed E-state index contributed by atoms with van der Waals surface area (Å²) in [7, 11) is 0. The van der Waals surface area contributed by atoms with Gasteiger partial charge >= 0.3 is 0 Å². The van der Waals surface area contributed by atoms with Crippen molar-refractivity contribution in [3.63, 3.8) is 0 Å². The fourth-order valence-corrected chi connectivity index (χ4v) is 2.51. The molecular weight excluding hydrogens is 202 g/mol. The summed E-state index contributed by atoms with van der Waals surface area (Å²) in [6, 6.07) is 2.13. The summed E-state index contributed by atoms with van der Waals surface area (Å²) < 4.78 is 5.65. The number of nitriles is 1. The molecule has 5 unspecified atom stereocenters. The van der Waals surface area contributed by atoms with Gasteiger partial charge in [0.15, 0.2) is 5.78 Å². The molecule has 0 aromatic carbocycles. The number of carbonyl (C=O) groups is 1. The maximum absolute atomic E-state index is 12.3. The Morgan fingerprint density at radius 1 is 1.25 bits per heavy atom. The van der Waals surface area contributed by atoms with Crippen molar-refractivity contribution in [1.29, 1.82) is 5.26 Å². The Bertz CT molecular complexity index is 306. The van der Waals surface area contributed by atoms with Gasteiger partial charge in [0, 0.05) is 0 Å². The van der Waals surface area contributed by atoms with Crippen LogP contribution in [0.25, 0.3) is 0 Å². The van der Waals surface area contributed by atoms with Crippen molar-refractivity contribution in [1.82, 2.24) is 0 Å². The zero-order valence-corrected chi connectivity index (χ0v) is 10.7. The Balaban J connectivity index is 2.85. The van der Waals surface area contributed by atoms with E-state index in [1.807, 2.05) is 34.6 Å². The Morgan fingerprint density at radius 2 is 1.81 bits per heavy atom. The molecule has 0 aromatic rings. The monoisotopic (exact) mass is 223 g/mol. The lowest BCUT2D eigenvalue weighted by molar-refractivity contribution is -0.128. The molecule has 0 spiro atoms. The first-order valence-electron chi connectivity index (χ1n) is 5.99. The van der Waals surface area contributed by atoms with E-state index in [1.54, 1.807) is 0 Å². The highest BCUT2D eigenvalue weighted by molar-refractivity contribution is 5.86. The standard InChI is InChI=1S/C13H21NO2/c1-7(2)11(6-14)13(15)12-8(3)9(4)16-10(12)5/h7-12H,1-5H3. The van der Waals surface area contributed by atoms with Gasteiger partial charge in [-0.15, -0.1) is 0 Å². The minimum absolute atomic E-state index is 0.0573. The summed E-state index contributed by atoms with van der Waals surface area (Å²) in [5, 5.41) is 9.05. The quantitative estimate of drug-likeness (QED) is 0.738. The Hall–Kier alpha value is -0.880. The molecule has 1 heterocycles. The number of ketones is 1. The number of hydrogen-bond donors (Lipinski definition) is 0. The van der Waals surface area contributed by atoms with Crippen LogP contribution in [0.2, 0.25) is 0 Å². The molecule has 90 valence electrons.